The van der Waals surface area contributed by atoms with Crippen LogP contribution in [0, 0.1) is 0 Å². The Morgan fingerprint density at radius 1 is 1.39 bits per heavy atom. The van der Waals surface area contributed by atoms with E-state index in [1.165, 1.54) is 13.1 Å². The Bertz CT molecular complexity index is 443. The van der Waals surface area contributed by atoms with Crippen LogP contribution in [0.25, 0.3) is 0 Å². The lowest BCUT2D eigenvalue weighted by Gasteiger charge is -2.02. The van der Waals surface area contributed by atoms with Crippen molar-refractivity contribution >= 4 is 21.8 Å². The molecule has 18 heavy (non-hydrogen) atoms. The van der Waals surface area contributed by atoms with Gasteiger partial charge in [-0.25, -0.2) is 13.1 Å². The molecule has 5 nitrogen and oxygen atoms in total. The number of sulfonamides is 1. The Morgan fingerprint density at radius 2 is 2.17 bits per heavy atom. The van der Waals surface area contributed by atoms with Gasteiger partial charge in [-0.1, -0.05) is 6.92 Å². The molecule has 1 rings (SSSR count). The molecule has 0 aliphatic carbocycles. The van der Waals surface area contributed by atoms with E-state index in [1.54, 1.807) is 6.07 Å². The Balaban J connectivity index is 2.32. The molecule has 0 spiro atoms. The Kier molecular flexibility index (Phi) is 6.77. The second-order valence-corrected chi connectivity index (χ2v) is 6.87. The van der Waals surface area contributed by atoms with Gasteiger partial charge in [-0.05, 0) is 43.7 Å². The first-order chi connectivity index (χ1) is 8.60. The number of hydrogen-bond donors (Lipinski definition) is 2. The quantitative estimate of drug-likeness (QED) is 0.674. The Labute approximate surface area is 113 Å². The summed E-state index contributed by atoms with van der Waals surface area (Å²) in [6.07, 6.45) is 1.10. The van der Waals surface area contributed by atoms with Gasteiger partial charge in [-0.3, -0.25) is 0 Å². The van der Waals surface area contributed by atoms with Gasteiger partial charge in [0.05, 0.1) is 6.54 Å². The van der Waals surface area contributed by atoms with E-state index >= 15 is 0 Å². The molecule has 1 aromatic heterocycles. The number of thioether (sulfide) groups is 1. The minimum Gasteiger partial charge on any atom is -0.447 e. The summed E-state index contributed by atoms with van der Waals surface area (Å²) in [6, 6.07) is 3.15. The fourth-order valence-corrected chi connectivity index (χ4v) is 2.66. The zero-order valence-corrected chi connectivity index (χ0v) is 12.4. The third-order valence-electron chi connectivity index (χ3n) is 2.32. The van der Waals surface area contributed by atoms with E-state index in [0.29, 0.717) is 12.3 Å². The molecule has 7 heteroatoms. The van der Waals surface area contributed by atoms with Crippen molar-refractivity contribution in [2.45, 2.75) is 25.0 Å². The maximum absolute atomic E-state index is 11.4. The maximum Gasteiger partial charge on any atom is 0.273 e. The van der Waals surface area contributed by atoms with E-state index in [1.807, 2.05) is 11.8 Å². The molecule has 0 atom stereocenters. The molecule has 2 N–H and O–H groups in total. The number of rotatable bonds is 9. The molecule has 104 valence electrons. The van der Waals surface area contributed by atoms with Gasteiger partial charge in [0.25, 0.3) is 10.0 Å². The molecule has 0 aromatic carbocycles. The summed E-state index contributed by atoms with van der Waals surface area (Å²) in [5.41, 5.74) is 0. The third kappa shape index (κ3) is 5.01. The highest BCUT2D eigenvalue weighted by Crippen LogP contribution is 2.13. The van der Waals surface area contributed by atoms with E-state index in [4.69, 9.17) is 4.42 Å². The molecular formula is C11H20N2O3S2. The summed E-state index contributed by atoms with van der Waals surface area (Å²) in [7, 11) is -2.11. The van der Waals surface area contributed by atoms with Crippen molar-refractivity contribution in [2.75, 3.05) is 25.1 Å². The molecule has 0 amide bonds. The van der Waals surface area contributed by atoms with Crippen LogP contribution in [0.2, 0.25) is 0 Å². The fraction of sp³-hybridized carbons (Fsp3) is 0.636. The van der Waals surface area contributed by atoms with Gasteiger partial charge < -0.3 is 9.73 Å². The van der Waals surface area contributed by atoms with Crippen molar-refractivity contribution in [2.24, 2.45) is 0 Å². The van der Waals surface area contributed by atoms with Gasteiger partial charge in [-0.15, -0.1) is 0 Å². The number of nitrogens with one attached hydrogen (secondary N) is 2. The van der Waals surface area contributed by atoms with Gasteiger partial charge in [0.2, 0.25) is 5.09 Å². The van der Waals surface area contributed by atoms with E-state index in [0.717, 1.165) is 24.5 Å². The minimum absolute atomic E-state index is 0.0386. The first-order valence-electron chi connectivity index (χ1n) is 5.91. The molecular weight excluding hydrogens is 272 g/mol. The van der Waals surface area contributed by atoms with E-state index in [2.05, 4.69) is 17.0 Å². The Hall–Kier alpha value is -0.500. The van der Waals surface area contributed by atoms with Crippen molar-refractivity contribution in [1.29, 1.82) is 0 Å². The van der Waals surface area contributed by atoms with Crippen LogP contribution in [0.3, 0.4) is 0 Å². The zero-order valence-electron chi connectivity index (χ0n) is 10.7. The predicted octanol–water partition coefficient (Wildman–Crippen LogP) is 1.42. The summed E-state index contributed by atoms with van der Waals surface area (Å²) in [5, 5.41) is 3.18. The van der Waals surface area contributed by atoms with Gasteiger partial charge in [0.1, 0.15) is 5.76 Å². The minimum atomic E-state index is -3.47. The highest BCUT2D eigenvalue weighted by atomic mass is 32.2. The molecule has 0 saturated heterocycles. The average molecular weight is 292 g/mol. The second kappa shape index (κ2) is 7.83. The molecule has 0 fully saturated rings. The SMILES string of the molecule is CCSCCCNCc1ccc(S(=O)(=O)NC)o1. The van der Waals surface area contributed by atoms with Crippen molar-refractivity contribution in [3.05, 3.63) is 17.9 Å². The smallest absolute Gasteiger partial charge is 0.273 e. The third-order valence-corrected chi connectivity index (χ3v) is 4.59. The molecule has 0 unspecified atom stereocenters. The summed E-state index contributed by atoms with van der Waals surface area (Å²) in [6.45, 7) is 3.60. The highest BCUT2D eigenvalue weighted by molar-refractivity contribution is 7.99. The van der Waals surface area contributed by atoms with Crippen LogP contribution in [0.5, 0.6) is 0 Å². The fourth-order valence-electron chi connectivity index (χ4n) is 1.35. The average Bonchev–Trinajstić information content (AvgIpc) is 2.83. The molecule has 0 radical (unpaired) electrons. The van der Waals surface area contributed by atoms with Crippen LogP contribution in [0.4, 0.5) is 0 Å². The monoisotopic (exact) mass is 292 g/mol. The lowest BCUT2D eigenvalue weighted by atomic mass is 10.4. The summed E-state index contributed by atoms with van der Waals surface area (Å²) >= 11 is 1.91. The topological polar surface area (TPSA) is 71.3 Å². The number of hydrogen-bond acceptors (Lipinski definition) is 5. The molecule has 0 saturated carbocycles. The van der Waals surface area contributed by atoms with Crippen LogP contribution in [0.15, 0.2) is 21.6 Å². The number of furan rings is 1. The second-order valence-electron chi connectivity index (χ2n) is 3.66. The van der Waals surface area contributed by atoms with E-state index in [-0.39, 0.29) is 5.09 Å². The van der Waals surface area contributed by atoms with Gasteiger partial charge in [0, 0.05) is 0 Å². The lowest BCUT2D eigenvalue weighted by Crippen LogP contribution is -2.18. The van der Waals surface area contributed by atoms with Crippen LogP contribution < -0.4 is 10.0 Å². The standard InChI is InChI=1S/C11H20N2O3S2/c1-3-17-8-4-7-13-9-10-5-6-11(16-10)18(14,15)12-2/h5-6,12-13H,3-4,7-9H2,1-2H3. The van der Waals surface area contributed by atoms with Gasteiger partial charge >= 0.3 is 0 Å². The highest BCUT2D eigenvalue weighted by Gasteiger charge is 2.15. The Morgan fingerprint density at radius 3 is 2.83 bits per heavy atom. The first-order valence-corrected chi connectivity index (χ1v) is 8.54. The maximum atomic E-state index is 11.4. The van der Waals surface area contributed by atoms with Gasteiger partial charge in [-0.2, -0.15) is 11.8 Å². The largest absolute Gasteiger partial charge is 0.447 e. The molecule has 0 aliphatic heterocycles. The van der Waals surface area contributed by atoms with E-state index in [9.17, 15) is 8.42 Å². The summed E-state index contributed by atoms with van der Waals surface area (Å²) < 4.78 is 30.3. The van der Waals surface area contributed by atoms with Crippen molar-refractivity contribution < 1.29 is 12.8 Å². The van der Waals surface area contributed by atoms with Crippen molar-refractivity contribution in [1.82, 2.24) is 10.0 Å². The van der Waals surface area contributed by atoms with Crippen molar-refractivity contribution in [3.63, 3.8) is 0 Å². The van der Waals surface area contributed by atoms with Crippen LogP contribution in [-0.4, -0.2) is 33.5 Å². The predicted molar refractivity (Wildman–Crippen MR) is 74.3 cm³/mol. The van der Waals surface area contributed by atoms with Gasteiger partial charge in [0.15, 0.2) is 0 Å². The van der Waals surface area contributed by atoms with E-state index < -0.39 is 10.0 Å². The summed E-state index contributed by atoms with van der Waals surface area (Å²) in [4.78, 5) is 0. The lowest BCUT2D eigenvalue weighted by molar-refractivity contribution is 0.401. The summed E-state index contributed by atoms with van der Waals surface area (Å²) in [5.74, 6) is 2.91. The molecule has 0 aliphatic rings. The van der Waals surface area contributed by atoms with Crippen LogP contribution in [-0.2, 0) is 16.6 Å². The van der Waals surface area contributed by atoms with Crippen LogP contribution >= 0.6 is 11.8 Å². The van der Waals surface area contributed by atoms with Crippen LogP contribution in [0.1, 0.15) is 19.1 Å². The normalized spacial score (nSPS) is 11.9. The first kappa shape index (κ1) is 15.6. The molecule has 1 aromatic rings. The zero-order chi connectivity index (χ0) is 13.4. The molecule has 0 bridgehead atoms. The van der Waals surface area contributed by atoms with Crippen molar-refractivity contribution in [3.8, 4) is 0 Å². The molecule has 1 heterocycles.